The van der Waals surface area contributed by atoms with Crippen molar-refractivity contribution in [2.75, 3.05) is 18.1 Å². The van der Waals surface area contributed by atoms with Gasteiger partial charge in [-0.3, -0.25) is 0 Å². The Morgan fingerprint density at radius 2 is 2.22 bits per heavy atom. The van der Waals surface area contributed by atoms with Crippen LogP contribution in [0.5, 0.6) is 0 Å². The Morgan fingerprint density at radius 3 is 2.72 bits per heavy atom. The van der Waals surface area contributed by atoms with Gasteiger partial charge in [0.25, 0.3) is 0 Å². The average molecular weight is 274 g/mol. The van der Waals surface area contributed by atoms with Crippen LogP contribution in [-0.4, -0.2) is 52.1 Å². The van der Waals surface area contributed by atoms with Crippen molar-refractivity contribution in [3.8, 4) is 0 Å². The molecule has 0 aromatic rings. The molecule has 0 aromatic carbocycles. The Labute approximate surface area is 112 Å². The molecule has 6 heteroatoms. The van der Waals surface area contributed by atoms with E-state index in [0.29, 0.717) is 6.54 Å². The van der Waals surface area contributed by atoms with Crippen LogP contribution in [0.3, 0.4) is 0 Å². The largest absolute Gasteiger partial charge is 0.480 e. The number of carboxylic acids is 1. The van der Waals surface area contributed by atoms with Crippen molar-refractivity contribution in [3.63, 3.8) is 0 Å². The van der Waals surface area contributed by atoms with Crippen LogP contribution in [-0.2, 0) is 4.79 Å². The lowest BCUT2D eigenvalue weighted by Gasteiger charge is -2.34. The van der Waals surface area contributed by atoms with Gasteiger partial charge in [-0.1, -0.05) is 20.3 Å². The van der Waals surface area contributed by atoms with Crippen LogP contribution in [0.4, 0.5) is 4.79 Å². The molecule has 3 atom stereocenters. The molecule has 0 saturated carbocycles. The molecule has 1 fully saturated rings. The van der Waals surface area contributed by atoms with E-state index in [1.165, 1.54) is 0 Å². The monoisotopic (exact) mass is 274 g/mol. The molecule has 104 valence electrons. The highest BCUT2D eigenvalue weighted by atomic mass is 32.2. The van der Waals surface area contributed by atoms with Crippen LogP contribution in [0.1, 0.15) is 27.2 Å². The fraction of sp³-hybridized carbons (Fsp3) is 0.833. The lowest BCUT2D eigenvalue weighted by Crippen LogP contribution is -2.54. The van der Waals surface area contributed by atoms with Crippen molar-refractivity contribution in [1.82, 2.24) is 10.2 Å². The van der Waals surface area contributed by atoms with Gasteiger partial charge >= 0.3 is 12.0 Å². The predicted molar refractivity (Wildman–Crippen MR) is 72.9 cm³/mol. The molecule has 1 aliphatic rings. The average Bonchev–Trinajstić information content (AvgIpc) is 2.35. The molecule has 1 rings (SSSR count). The number of rotatable bonds is 4. The summed E-state index contributed by atoms with van der Waals surface area (Å²) >= 11 is 1.82. The quantitative estimate of drug-likeness (QED) is 0.817. The van der Waals surface area contributed by atoms with Crippen molar-refractivity contribution in [2.45, 2.75) is 39.3 Å². The Bertz CT molecular complexity index is 312. The number of thioether (sulfide) groups is 1. The summed E-state index contributed by atoms with van der Waals surface area (Å²) in [6.45, 7) is 6.44. The van der Waals surface area contributed by atoms with Crippen molar-refractivity contribution < 1.29 is 14.7 Å². The molecule has 1 heterocycles. The van der Waals surface area contributed by atoms with Gasteiger partial charge in [0.15, 0.2) is 0 Å². The highest BCUT2D eigenvalue weighted by Crippen LogP contribution is 2.16. The fourth-order valence-electron chi connectivity index (χ4n) is 1.93. The maximum Gasteiger partial charge on any atom is 0.326 e. The van der Waals surface area contributed by atoms with Crippen LogP contribution in [0.25, 0.3) is 0 Å². The van der Waals surface area contributed by atoms with Gasteiger partial charge in [-0.05, 0) is 12.8 Å². The zero-order valence-electron chi connectivity index (χ0n) is 11.2. The van der Waals surface area contributed by atoms with Crippen LogP contribution < -0.4 is 5.32 Å². The van der Waals surface area contributed by atoms with E-state index >= 15 is 0 Å². The third kappa shape index (κ3) is 3.80. The van der Waals surface area contributed by atoms with E-state index in [0.717, 1.165) is 17.9 Å². The number of carbonyl (C=O) groups is 2. The van der Waals surface area contributed by atoms with Gasteiger partial charge in [-0.15, -0.1) is 0 Å². The minimum absolute atomic E-state index is 0.0686. The molecular formula is C12H22N2O3S. The molecule has 2 amide bonds. The molecule has 0 aromatic heterocycles. The summed E-state index contributed by atoms with van der Waals surface area (Å²) in [4.78, 5) is 25.0. The lowest BCUT2D eigenvalue weighted by molar-refractivity contribution is -0.140. The number of hydrogen-bond acceptors (Lipinski definition) is 3. The van der Waals surface area contributed by atoms with Gasteiger partial charge in [0.1, 0.15) is 6.04 Å². The van der Waals surface area contributed by atoms with Gasteiger partial charge in [0, 0.05) is 24.1 Å². The normalized spacial score (nSPS) is 23.3. The van der Waals surface area contributed by atoms with E-state index in [2.05, 4.69) is 5.32 Å². The first-order valence-electron chi connectivity index (χ1n) is 6.35. The van der Waals surface area contributed by atoms with E-state index < -0.39 is 12.0 Å². The number of hydrogen-bond donors (Lipinski definition) is 2. The molecule has 0 spiro atoms. The predicted octanol–water partition coefficient (Wildman–Crippen LogP) is 1.63. The first kappa shape index (κ1) is 15.1. The molecule has 0 bridgehead atoms. The maximum atomic E-state index is 12.1. The minimum atomic E-state index is -0.961. The summed E-state index contributed by atoms with van der Waals surface area (Å²) in [6, 6.07) is -0.894. The summed E-state index contributed by atoms with van der Waals surface area (Å²) < 4.78 is 0. The molecule has 5 nitrogen and oxygen atoms in total. The second-order valence-corrected chi connectivity index (χ2v) is 5.92. The Morgan fingerprint density at radius 1 is 1.56 bits per heavy atom. The van der Waals surface area contributed by atoms with Crippen LogP contribution in [0.15, 0.2) is 0 Å². The number of nitrogens with one attached hydrogen (secondary N) is 1. The molecule has 0 radical (unpaired) electrons. The highest BCUT2D eigenvalue weighted by molar-refractivity contribution is 7.99. The fourth-order valence-corrected chi connectivity index (χ4v) is 2.94. The number of nitrogens with zero attached hydrogens (tertiary/aromatic N) is 1. The topological polar surface area (TPSA) is 69.6 Å². The second kappa shape index (κ2) is 6.87. The number of urea groups is 1. The summed E-state index contributed by atoms with van der Waals surface area (Å²) in [5.41, 5.74) is 0. The van der Waals surface area contributed by atoms with E-state index in [9.17, 15) is 9.59 Å². The molecule has 18 heavy (non-hydrogen) atoms. The van der Waals surface area contributed by atoms with Gasteiger partial charge in [0.2, 0.25) is 0 Å². The van der Waals surface area contributed by atoms with Crippen molar-refractivity contribution >= 4 is 23.8 Å². The summed E-state index contributed by atoms with van der Waals surface area (Å²) in [7, 11) is 0. The van der Waals surface area contributed by atoms with Crippen LogP contribution in [0, 0.1) is 5.92 Å². The Kier molecular flexibility index (Phi) is 5.78. The number of carboxylic acid groups (broad SMARTS) is 1. The highest BCUT2D eigenvalue weighted by Gasteiger charge is 2.30. The molecule has 1 aliphatic heterocycles. The Hall–Kier alpha value is -0.910. The first-order chi connectivity index (χ1) is 8.47. The van der Waals surface area contributed by atoms with Crippen molar-refractivity contribution in [2.24, 2.45) is 5.92 Å². The smallest absolute Gasteiger partial charge is 0.326 e. The molecule has 1 saturated heterocycles. The molecule has 3 unspecified atom stereocenters. The SMILES string of the molecule is CCC(C)C(NC(=O)N1CCSCC1C)C(=O)O. The third-order valence-electron chi connectivity index (χ3n) is 3.39. The van der Waals surface area contributed by atoms with E-state index in [1.54, 1.807) is 4.90 Å². The van der Waals surface area contributed by atoms with Crippen molar-refractivity contribution in [3.05, 3.63) is 0 Å². The van der Waals surface area contributed by atoms with E-state index in [-0.39, 0.29) is 18.0 Å². The van der Waals surface area contributed by atoms with E-state index in [1.807, 2.05) is 32.5 Å². The summed E-state index contributed by atoms with van der Waals surface area (Å²) in [5.74, 6) is 0.797. The van der Waals surface area contributed by atoms with Gasteiger partial charge < -0.3 is 15.3 Å². The summed E-state index contributed by atoms with van der Waals surface area (Å²) in [5, 5.41) is 11.8. The summed E-state index contributed by atoms with van der Waals surface area (Å²) in [6.07, 6.45) is 0.725. The molecule has 0 aliphatic carbocycles. The van der Waals surface area contributed by atoms with Crippen molar-refractivity contribution in [1.29, 1.82) is 0 Å². The van der Waals surface area contributed by atoms with Gasteiger partial charge in [-0.25, -0.2) is 9.59 Å². The number of carbonyl (C=O) groups excluding carboxylic acids is 1. The zero-order valence-corrected chi connectivity index (χ0v) is 12.0. The first-order valence-corrected chi connectivity index (χ1v) is 7.50. The Balaban J connectivity index is 2.63. The van der Waals surface area contributed by atoms with Crippen LogP contribution >= 0.6 is 11.8 Å². The second-order valence-electron chi connectivity index (χ2n) is 4.77. The molecule has 2 N–H and O–H groups in total. The lowest BCUT2D eigenvalue weighted by atomic mass is 9.99. The third-order valence-corrected chi connectivity index (χ3v) is 4.58. The zero-order chi connectivity index (χ0) is 13.7. The van der Waals surface area contributed by atoms with Crippen LogP contribution in [0.2, 0.25) is 0 Å². The van der Waals surface area contributed by atoms with E-state index in [4.69, 9.17) is 5.11 Å². The van der Waals surface area contributed by atoms with Gasteiger partial charge in [-0.2, -0.15) is 11.8 Å². The minimum Gasteiger partial charge on any atom is -0.480 e. The maximum absolute atomic E-state index is 12.1. The molecular weight excluding hydrogens is 252 g/mol. The number of amides is 2. The number of aliphatic carboxylic acids is 1. The van der Waals surface area contributed by atoms with Gasteiger partial charge in [0.05, 0.1) is 0 Å². The standard InChI is InChI=1S/C12H22N2O3S/c1-4-8(2)10(11(15)16)13-12(17)14-5-6-18-7-9(14)3/h8-10H,4-7H2,1-3H3,(H,13,17)(H,15,16).